The zero-order valence-electron chi connectivity index (χ0n) is 15.8. The largest absolute Gasteiger partial charge is 0.334 e. The molecule has 4 amide bonds. The molecule has 0 unspecified atom stereocenters. The molecule has 4 rings (SSSR count). The zero-order chi connectivity index (χ0) is 19.0. The minimum Gasteiger partial charge on any atom is -0.334 e. The van der Waals surface area contributed by atoms with Crippen LogP contribution < -0.4 is 5.32 Å². The van der Waals surface area contributed by atoms with E-state index in [4.69, 9.17) is 0 Å². The number of nitrogens with one attached hydrogen (secondary N) is 1. The maximum atomic E-state index is 13.0. The second kappa shape index (κ2) is 6.98. The van der Waals surface area contributed by atoms with Crippen molar-refractivity contribution in [2.75, 3.05) is 6.54 Å². The maximum absolute atomic E-state index is 13.0. The van der Waals surface area contributed by atoms with E-state index in [1.54, 1.807) is 0 Å². The molecule has 0 atom stereocenters. The number of benzene rings is 1. The number of carbonyl (C=O) groups is 3. The van der Waals surface area contributed by atoms with E-state index in [1.807, 2.05) is 35.2 Å². The number of imide groups is 1. The van der Waals surface area contributed by atoms with E-state index in [0.29, 0.717) is 25.3 Å². The van der Waals surface area contributed by atoms with Crippen molar-refractivity contribution in [3.05, 3.63) is 35.9 Å². The van der Waals surface area contributed by atoms with E-state index >= 15 is 0 Å². The fourth-order valence-electron chi connectivity index (χ4n) is 4.23. The zero-order valence-corrected chi connectivity index (χ0v) is 15.8. The monoisotopic (exact) mass is 369 g/mol. The van der Waals surface area contributed by atoms with Gasteiger partial charge in [-0.05, 0) is 50.0 Å². The van der Waals surface area contributed by atoms with Gasteiger partial charge in [0.25, 0.3) is 5.91 Å². The number of carbonyl (C=O) groups excluding carboxylic acids is 3. The molecule has 1 N–H and O–H groups in total. The summed E-state index contributed by atoms with van der Waals surface area (Å²) in [4.78, 5) is 41.4. The molecule has 1 spiro atoms. The molecule has 1 aliphatic heterocycles. The molecule has 2 aliphatic carbocycles. The van der Waals surface area contributed by atoms with Crippen molar-refractivity contribution in [3.8, 4) is 0 Å². The first-order chi connectivity index (χ1) is 13.0. The first kappa shape index (κ1) is 18.0. The highest BCUT2D eigenvalue weighted by atomic mass is 16.2. The predicted octanol–water partition coefficient (Wildman–Crippen LogP) is 2.68. The normalized spacial score (nSPS) is 27.7. The van der Waals surface area contributed by atoms with Crippen LogP contribution in [0.3, 0.4) is 0 Å². The summed E-state index contributed by atoms with van der Waals surface area (Å²) in [5.74, 6) is 0.210. The minimum atomic E-state index is -0.784. The third-order valence-corrected chi connectivity index (χ3v) is 6.17. The van der Waals surface area contributed by atoms with Crippen molar-refractivity contribution in [1.29, 1.82) is 0 Å². The minimum absolute atomic E-state index is 0.147. The first-order valence-electron chi connectivity index (χ1n) is 9.96. The second-order valence-corrected chi connectivity index (χ2v) is 8.32. The molecule has 3 fully saturated rings. The highest BCUT2D eigenvalue weighted by molar-refractivity contribution is 6.09. The van der Waals surface area contributed by atoms with Crippen LogP contribution in [-0.2, 0) is 16.1 Å². The van der Waals surface area contributed by atoms with E-state index in [0.717, 1.165) is 36.1 Å². The first-order valence-corrected chi connectivity index (χ1v) is 9.96. The van der Waals surface area contributed by atoms with Crippen LogP contribution in [0.15, 0.2) is 30.3 Å². The smallest absolute Gasteiger partial charge is 0.325 e. The molecule has 27 heavy (non-hydrogen) atoms. The van der Waals surface area contributed by atoms with E-state index in [2.05, 4.69) is 12.2 Å². The van der Waals surface area contributed by atoms with Gasteiger partial charge in [-0.25, -0.2) is 4.79 Å². The molecule has 0 aromatic heterocycles. The van der Waals surface area contributed by atoms with Crippen molar-refractivity contribution in [3.63, 3.8) is 0 Å². The lowest BCUT2D eigenvalue weighted by molar-refractivity contribution is -0.140. The standard InChI is InChI=1S/C21H27N3O3/c1-15-9-11-21(12-10-15)19(26)24(20(27)22-21)14-18(25)23(17-7-8-17)13-16-5-3-2-4-6-16/h2-6,15,17H,7-14H2,1H3,(H,22,27). The second-order valence-electron chi connectivity index (χ2n) is 8.32. The number of amides is 4. The molecule has 1 saturated heterocycles. The molecular weight excluding hydrogens is 342 g/mol. The Balaban J connectivity index is 1.45. The predicted molar refractivity (Wildman–Crippen MR) is 101 cm³/mol. The van der Waals surface area contributed by atoms with Gasteiger partial charge in [0.1, 0.15) is 12.1 Å². The number of urea groups is 1. The van der Waals surface area contributed by atoms with Gasteiger partial charge in [0.15, 0.2) is 0 Å². The average molecular weight is 369 g/mol. The molecule has 144 valence electrons. The molecule has 0 radical (unpaired) electrons. The molecule has 0 bridgehead atoms. The molecule has 3 aliphatic rings. The molecule has 1 heterocycles. The Morgan fingerprint density at radius 2 is 1.81 bits per heavy atom. The summed E-state index contributed by atoms with van der Waals surface area (Å²) in [5, 5.41) is 2.90. The van der Waals surface area contributed by atoms with Crippen molar-refractivity contribution in [2.45, 2.75) is 63.6 Å². The quantitative estimate of drug-likeness (QED) is 0.812. The van der Waals surface area contributed by atoms with Gasteiger partial charge in [-0.15, -0.1) is 0 Å². The van der Waals surface area contributed by atoms with Crippen molar-refractivity contribution in [1.82, 2.24) is 15.1 Å². The Bertz CT molecular complexity index is 736. The van der Waals surface area contributed by atoms with E-state index in [-0.39, 0.29) is 24.4 Å². The Morgan fingerprint density at radius 3 is 2.44 bits per heavy atom. The van der Waals surface area contributed by atoms with Crippen molar-refractivity contribution < 1.29 is 14.4 Å². The molecule has 1 aromatic carbocycles. The topological polar surface area (TPSA) is 69.7 Å². The van der Waals surface area contributed by atoms with Gasteiger partial charge in [0.2, 0.25) is 5.91 Å². The van der Waals surface area contributed by atoms with Gasteiger partial charge in [-0.2, -0.15) is 0 Å². The summed E-state index contributed by atoms with van der Waals surface area (Å²) in [5.41, 5.74) is 0.279. The summed E-state index contributed by atoms with van der Waals surface area (Å²) in [6.45, 7) is 2.54. The number of nitrogens with zero attached hydrogens (tertiary/aromatic N) is 2. The van der Waals surface area contributed by atoms with Crippen LogP contribution in [0.5, 0.6) is 0 Å². The third-order valence-electron chi connectivity index (χ3n) is 6.17. The molecular formula is C21H27N3O3. The lowest BCUT2D eigenvalue weighted by atomic mass is 9.77. The Hall–Kier alpha value is -2.37. The van der Waals surface area contributed by atoms with Gasteiger partial charge >= 0.3 is 6.03 Å². The van der Waals surface area contributed by atoms with Crippen LogP contribution in [0.2, 0.25) is 0 Å². The summed E-state index contributed by atoms with van der Waals surface area (Å²) >= 11 is 0. The Morgan fingerprint density at radius 1 is 1.15 bits per heavy atom. The van der Waals surface area contributed by atoms with Gasteiger partial charge < -0.3 is 10.2 Å². The van der Waals surface area contributed by atoms with Crippen LogP contribution >= 0.6 is 0 Å². The van der Waals surface area contributed by atoms with Crippen LogP contribution in [0.1, 0.15) is 51.0 Å². The lowest BCUT2D eigenvalue weighted by Gasteiger charge is -2.33. The van der Waals surface area contributed by atoms with Crippen LogP contribution in [-0.4, -0.2) is 45.8 Å². The van der Waals surface area contributed by atoms with Gasteiger partial charge in [0, 0.05) is 12.6 Å². The molecule has 6 nitrogen and oxygen atoms in total. The van der Waals surface area contributed by atoms with Gasteiger partial charge in [-0.3, -0.25) is 14.5 Å². The number of hydrogen-bond donors (Lipinski definition) is 1. The molecule has 6 heteroatoms. The van der Waals surface area contributed by atoms with Crippen molar-refractivity contribution in [2.24, 2.45) is 5.92 Å². The highest BCUT2D eigenvalue weighted by Crippen LogP contribution is 2.36. The molecule has 2 saturated carbocycles. The van der Waals surface area contributed by atoms with Crippen LogP contribution in [0.4, 0.5) is 4.79 Å². The lowest BCUT2D eigenvalue weighted by Crippen LogP contribution is -2.50. The van der Waals surface area contributed by atoms with Gasteiger partial charge in [0.05, 0.1) is 0 Å². The SMILES string of the molecule is CC1CCC2(CC1)NC(=O)N(CC(=O)N(Cc1ccccc1)C1CC1)C2=O. The molecule has 1 aromatic rings. The summed E-state index contributed by atoms with van der Waals surface area (Å²) < 4.78 is 0. The Kier molecular flexibility index (Phi) is 4.66. The summed E-state index contributed by atoms with van der Waals surface area (Å²) in [6.07, 6.45) is 5.16. The summed E-state index contributed by atoms with van der Waals surface area (Å²) in [6, 6.07) is 9.65. The van der Waals surface area contributed by atoms with E-state index in [1.165, 1.54) is 0 Å². The van der Waals surface area contributed by atoms with Crippen LogP contribution in [0, 0.1) is 5.92 Å². The van der Waals surface area contributed by atoms with Gasteiger partial charge in [-0.1, -0.05) is 37.3 Å². The number of rotatable bonds is 5. The fourth-order valence-corrected chi connectivity index (χ4v) is 4.23. The van der Waals surface area contributed by atoms with Crippen molar-refractivity contribution >= 4 is 17.8 Å². The highest BCUT2D eigenvalue weighted by Gasteiger charge is 2.52. The average Bonchev–Trinajstić information content (AvgIpc) is 3.48. The number of hydrogen-bond acceptors (Lipinski definition) is 3. The maximum Gasteiger partial charge on any atom is 0.325 e. The third kappa shape index (κ3) is 3.57. The summed E-state index contributed by atoms with van der Waals surface area (Å²) in [7, 11) is 0. The van der Waals surface area contributed by atoms with E-state index < -0.39 is 11.6 Å². The van der Waals surface area contributed by atoms with E-state index in [9.17, 15) is 14.4 Å². The Labute approximate surface area is 159 Å². The fraction of sp³-hybridized carbons (Fsp3) is 0.571. The van der Waals surface area contributed by atoms with Crippen LogP contribution in [0.25, 0.3) is 0 Å².